The molecule has 0 fully saturated rings. The van der Waals surface area contributed by atoms with Gasteiger partial charge in [0.2, 0.25) is 0 Å². The van der Waals surface area contributed by atoms with Gasteiger partial charge in [0, 0.05) is 5.56 Å². The highest BCUT2D eigenvalue weighted by Gasteiger charge is 2.13. The minimum Gasteiger partial charge on any atom is -0.507 e. The van der Waals surface area contributed by atoms with Crippen LogP contribution >= 0.6 is 0 Å². The van der Waals surface area contributed by atoms with Gasteiger partial charge in [-0.15, -0.1) is 0 Å². The van der Waals surface area contributed by atoms with E-state index in [1.807, 2.05) is 30.3 Å². The molecule has 0 atom stereocenters. The first-order chi connectivity index (χ1) is 9.75. The summed E-state index contributed by atoms with van der Waals surface area (Å²) in [5.41, 5.74) is 1.04. The van der Waals surface area contributed by atoms with Gasteiger partial charge in [0.1, 0.15) is 23.4 Å². The molecule has 3 rings (SSSR count). The standard InChI is InChI=1S/C15H11N3O2/c19-11-7-4-8-12(20)13(11)15-17-9-16-14(18-15)10-5-2-1-3-6-10/h1-9,19-20H. The van der Waals surface area contributed by atoms with Crippen LogP contribution < -0.4 is 0 Å². The van der Waals surface area contributed by atoms with Gasteiger partial charge >= 0.3 is 0 Å². The van der Waals surface area contributed by atoms with Gasteiger partial charge in [-0.2, -0.15) is 0 Å². The Morgan fingerprint density at radius 1 is 0.700 bits per heavy atom. The minimum atomic E-state index is -0.0739. The maximum atomic E-state index is 9.85. The summed E-state index contributed by atoms with van der Waals surface area (Å²) >= 11 is 0. The second-order valence-electron chi connectivity index (χ2n) is 4.17. The van der Waals surface area contributed by atoms with Crippen LogP contribution in [0, 0.1) is 0 Å². The molecule has 0 aliphatic carbocycles. The lowest BCUT2D eigenvalue weighted by Crippen LogP contribution is -1.95. The molecule has 1 heterocycles. The summed E-state index contributed by atoms with van der Waals surface area (Å²) in [7, 11) is 0. The number of hydrogen-bond acceptors (Lipinski definition) is 5. The van der Waals surface area contributed by atoms with Crippen molar-refractivity contribution in [2.24, 2.45) is 0 Å². The Hall–Kier alpha value is -2.95. The van der Waals surface area contributed by atoms with E-state index >= 15 is 0 Å². The van der Waals surface area contributed by atoms with Gasteiger partial charge in [0.15, 0.2) is 11.6 Å². The zero-order valence-corrected chi connectivity index (χ0v) is 10.4. The molecule has 0 aliphatic heterocycles. The summed E-state index contributed by atoms with van der Waals surface area (Å²) in [5.74, 6) is 0.568. The van der Waals surface area contributed by atoms with Crippen molar-refractivity contribution >= 4 is 0 Å². The summed E-state index contributed by atoms with van der Waals surface area (Å²) in [4.78, 5) is 12.4. The minimum absolute atomic E-state index is 0.0739. The van der Waals surface area contributed by atoms with E-state index in [-0.39, 0.29) is 22.9 Å². The van der Waals surface area contributed by atoms with Gasteiger partial charge in [-0.3, -0.25) is 0 Å². The third-order valence-electron chi connectivity index (χ3n) is 2.85. The number of phenols is 2. The first-order valence-electron chi connectivity index (χ1n) is 6.01. The van der Waals surface area contributed by atoms with Gasteiger partial charge in [0.05, 0.1) is 0 Å². The Morgan fingerprint density at radius 2 is 1.35 bits per heavy atom. The van der Waals surface area contributed by atoms with Crippen LogP contribution in [0.2, 0.25) is 0 Å². The number of phenolic OH excluding ortho intramolecular Hbond substituents is 2. The van der Waals surface area contributed by atoms with Gasteiger partial charge in [-0.05, 0) is 12.1 Å². The topological polar surface area (TPSA) is 79.1 Å². The highest BCUT2D eigenvalue weighted by Crippen LogP contribution is 2.34. The third-order valence-corrected chi connectivity index (χ3v) is 2.85. The van der Waals surface area contributed by atoms with Crippen molar-refractivity contribution in [3.63, 3.8) is 0 Å². The zero-order valence-electron chi connectivity index (χ0n) is 10.4. The normalized spacial score (nSPS) is 10.4. The number of benzene rings is 2. The maximum Gasteiger partial charge on any atom is 0.170 e. The van der Waals surface area contributed by atoms with E-state index in [1.165, 1.54) is 18.5 Å². The van der Waals surface area contributed by atoms with Crippen LogP contribution in [0.25, 0.3) is 22.8 Å². The fraction of sp³-hybridized carbons (Fsp3) is 0. The Labute approximate surface area is 115 Å². The van der Waals surface area contributed by atoms with Crippen LogP contribution in [-0.2, 0) is 0 Å². The second kappa shape index (κ2) is 4.97. The molecule has 5 heteroatoms. The highest BCUT2D eigenvalue weighted by molar-refractivity contribution is 5.71. The summed E-state index contributed by atoms with van der Waals surface area (Å²) in [6, 6.07) is 13.9. The molecule has 2 aromatic carbocycles. The monoisotopic (exact) mass is 265 g/mol. The van der Waals surface area contributed by atoms with Crippen LogP contribution in [0.4, 0.5) is 0 Å². The molecule has 0 radical (unpaired) electrons. The van der Waals surface area contributed by atoms with Crippen molar-refractivity contribution in [1.82, 2.24) is 15.0 Å². The number of aromatic hydroxyl groups is 2. The largest absolute Gasteiger partial charge is 0.507 e. The van der Waals surface area contributed by atoms with E-state index in [4.69, 9.17) is 0 Å². The smallest absolute Gasteiger partial charge is 0.170 e. The molecule has 1 aromatic heterocycles. The lowest BCUT2D eigenvalue weighted by atomic mass is 10.1. The van der Waals surface area contributed by atoms with Crippen molar-refractivity contribution in [3.8, 4) is 34.3 Å². The summed E-state index contributed by atoms with van der Waals surface area (Å²) in [6.45, 7) is 0. The molecule has 5 nitrogen and oxygen atoms in total. The van der Waals surface area contributed by atoms with Crippen LogP contribution in [0.15, 0.2) is 54.9 Å². The predicted octanol–water partition coefficient (Wildman–Crippen LogP) is 2.62. The number of hydrogen-bond donors (Lipinski definition) is 2. The fourth-order valence-electron chi connectivity index (χ4n) is 1.90. The molecular weight excluding hydrogens is 254 g/mol. The number of aromatic nitrogens is 3. The van der Waals surface area contributed by atoms with E-state index in [9.17, 15) is 10.2 Å². The molecule has 0 saturated heterocycles. The predicted molar refractivity (Wildman–Crippen MR) is 74.0 cm³/mol. The van der Waals surface area contributed by atoms with E-state index in [1.54, 1.807) is 6.07 Å². The summed E-state index contributed by atoms with van der Waals surface area (Å²) in [5, 5.41) is 19.7. The first-order valence-corrected chi connectivity index (χ1v) is 6.01. The SMILES string of the molecule is Oc1cccc(O)c1-c1ncnc(-c2ccccc2)n1. The maximum absolute atomic E-state index is 9.85. The quantitative estimate of drug-likeness (QED) is 0.744. The Bertz CT molecular complexity index is 725. The van der Waals surface area contributed by atoms with Crippen molar-refractivity contribution in [3.05, 3.63) is 54.9 Å². The van der Waals surface area contributed by atoms with Crippen molar-refractivity contribution in [2.45, 2.75) is 0 Å². The molecule has 0 bridgehead atoms. The number of nitrogens with zero attached hydrogens (tertiary/aromatic N) is 3. The molecule has 0 spiro atoms. The molecular formula is C15H11N3O2. The van der Waals surface area contributed by atoms with Gasteiger partial charge in [-0.25, -0.2) is 15.0 Å². The molecule has 0 unspecified atom stereocenters. The lowest BCUT2D eigenvalue weighted by molar-refractivity contribution is 0.453. The molecule has 98 valence electrons. The Morgan fingerprint density at radius 3 is 2.05 bits per heavy atom. The average Bonchev–Trinajstić information content (AvgIpc) is 2.48. The summed E-state index contributed by atoms with van der Waals surface area (Å²) in [6.07, 6.45) is 1.36. The van der Waals surface area contributed by atoms with E-state index < -0.39 is 0 Å². The van der Waals surface area contributed by atoms with Crippen LogP contribution in [0.3, 0.4) is 0 Å². The van der Waals surface area contributed by atoms with Gasteiger partial charge in [-0.1, -0.05) is 36.4 Å². The van der Waals surface area contributed by atoms with Crippen molar-refractivity contribution in [2.75, 3.05) is 0 Å². The summed E-state index contributed by atoms with van der Waals surface area (Å²) < 4.78 is 0. The van der Waals surface area contributed by atoms with Crippen molar-refractivity contribution < 1.29 is 10.2 Å². The Kier molecular flexibility index (Phi) is 3.01. The second-order valence-corrected chi connectivity index (χ2v) is 4.17. The molecule has 0 saturated carbocycles. The molecule has 0 aliphatic rings. The van der Waals surface area contributed by atoms with E-state index in [0.717, 1.165) is 5.56 Å². The zero-order chi connectivity index (χ0) is 13.9. The van der Waals surface area contributed by atoms with Crippen LogP contribution in [-0.4, -0.2) is 25.2 Å². The third kappa shape index (κ3) is 2.16. The molecule has 3 aromatic rings. The van der Waals surface area contributed by atoms with Gasteiger partial charge < -0.3 is 10.2 Å². The van der Waals surface area contributed by atoms with Gasteiger partial charge in [0.25, 0.3) is 0 Å². The van der Waals surface area contributed by atoms with Crippen LogP contribution in [0.1, 0.15) is 0 Å². The average molecular weight is 265 g/mol. The molecule has 20 heavy (non-hydrogen) atoms. The van der Waals surface area contributed by atoms with E-state index in [2.05, 4.69) is 15.0 Å². The Balaban J connectivity index is 2.13. The van der Waals surface area contributed by atoms with E-state index in [0.29, 0.717) is 5.82 Å². The molecule has 2 N–H and O–H groups in total. The van der Waals surface area contributed by atoms with Crippen molar-refractivity contribution in [1.29, 1.82) is 0 Å². The molecule has 0 amide bonds. The lowest BCUT2D eigenvalue weighted by Gasteiger charge is -2.06. The highest BCUT2D eigenvalue weighted by atomic mass is 16.3. The fourth-order valence-corrected chi connectivity index (χ4v) is 1.90. The first kappa shape index (κ1) is 12.1. The number of rotatable bonds is 2. The van der Waals surface area contributed by atoms with Crippen LogP contribution in [0.5, 0.6) is 11.5 Å².